The Morgan fingerprint density at radius 3 is 2.17 bits per heavy atom. The zero-order chi connectivity index (χ0) is 17.5. The molecule has 0 spiro atoms. The standard InChI is InChI=1S/C18H20ClNO4/c1-22-15-6-4-12(8-14(15)19)10-18(21)20-11-13-5-7-16(23-2)17(9-13)24-3/h4-9H,10-11H2,1-3H3,(H,20,21). The van der Waals surface area contributed by atoms with Crippen molar-refractivity contribution in [2.24, 2.45) is 0 Å². The number of hydrogen-bond acceptors (Lipinski definition) is 4. The fourth-order valence-corrected chi connectivity index (χ4v) is 2.54. The van der Waals surface area contributed by atoms with Crippen LogP contribution in [0, 0.1) is 0 Å². The number of ether oxygens (including phenoxy) is 3. The first-order valence-electron chi connectivity index (χ1n) is 7.37. The number of methoxy groups -OCH3 is 3. The molecule has 6 heteroatoms. The molecule has 0 aliphatic carbocycles. The van der Waals surface area contributed by atoms with Gasteiger partial charge in [-0.25, -0.2) is 0 Å². The molecule has 0 atom stereocenters. The third-order valence-electron chi connectivity index (χ3n) is 3.52. The van der Waals surface area contributed by atoms with Crippen LogP contribution in [0.5, 0.6) is 17.2 Å². The molecule has 0 unspecified atom stereocenters. The molecule has 0 radical (unpaired) electrons. The molecule has 0 bridgehead atoms. The fourth-order valence-electron chi connectivity index (χ4n) is 2.26. The molecule has 1 N–H and O–H groups in total. The number of hydrogen-bond donors (Lipinski definition) is 1. The second-order valence-electron chi connectivity index (χ2n) is 5.11. The smallest absolute Gasteiger partial charge is 0.224 e. The molecule has 0 saturated heterocycles. The second-order valence-corrected chi connectivity index (χ2v) is 5.52. The zero-order valence-electron chi connectivity index (χ0n) is 13.9. The molecule has 1 amide bonds. The first kappa shape index (κ1) is 17.9. The lowest BCUT2D eigenvalue weighted by molar-refractivity contribution is -0.120. The minimum atomic E-state index is -0.0916. The number of carbonyl (C=O) groups excluding carboxylic acids is 1. The van der Waals surface area contributed by atoms with Gasteiger partial charge in [0.15, 0.2) is 11.5 Å². The summed E-state index contributed by atoms with van der Waals surface area (Å²) in [7, 11) is 4.71. The van der Waals surface area contributed by atoms with Crippen molar-refractivity contribution in [3.8, 4) is 17.2 Å². The topological polar surface area (TPSA) is 56.8 Å². The van der Waals surface area contributed by atoms with Crippen molar-refractivity contribution in [3.05, 3.63) is 52.5 Å². The number of carbonyl (C=O) groups is 1. The Labute approximate surface area is 146 Å². The van der Waals surface area contributed by atoms with E-state index in [0.29, 0.717) is 28.8 Å². The minimum Gasteiger partial charge on any atom is -0.495 e. The van der Waals surface area contributed by atoms with Gasteiger partial charge in [-0.15, -0.1) is 0 Å². The quantitative estimate of drug-likeness (QED) is 0.833. The van der Waals surface area contributed by atoms with Crippen molar-refractivity contribution in [3.63, 3.8) is 0 Å². The minimum absolute atomic E-state index is 0.0916. The van der Waals surface area contributed by atoms with Crippen LogP contribution in [0.15, 0.2) is 36.4 Å². The highest BCUT2D eigenvalue weighted by atomic mass is 35.5. The van der Waals surface area contributed by atoms with Gasteiger partial charge >= 0.3 is 0 Å². The molecule has 5 nitrogen and oxygen atoms in total. The summed E-state index contributed by atoms with van der Waals surface area (Å²) in [6.07, 6.45) is 0.247. The summed E-state index contributed by atoms with van der Waals surface area (Å²) in [4.78, 5) is 12.1. The van der Waals surface area contributed by atoms with E-state index in [2.05, 4.69) is 5.32 Å². The van der Waals surface area contributed by atoms with Crippen LogP contribution in [-0.2, 0) is 17.8 Å². The zero-order valence-corrected chi connectivity index (χ0v) is 14.6. The average molecular weight is 350 g/mol. The van der Waals surface area contributed by atoms with Gasteiger partial charge in [-0.05, 0) is 35.4 Å². The molecule has 24 heavy (non-hydrogen) atoms. The number of rotatable bonds is 7. The highest BCUT2D eigenvalue weighted by molar-refractivity contribution is 6.32. The Bertz CT molecular complexity index is 718. The molecule has 0 aliphatic heterocycles. The van der Waals surface area contributed by atoms with Crippen LogP contribution in [0.2, 0.25) is 5.02 Å². The first-order chi connectivity index (χ1) is 11.6. The summed E-state index contributed by atoms with van der Waals surface area (Å²) in [5.41, 5.74) is 1.75. The van der Waals surface area contributed by atoms with E-state index in [-0.39, 0.29) is 12.3 Å². The number of benzene rings is 2. The van der Waals surface area contributed by atoms with Gasteiger partial charge in [-0.1, -0.05) is 23.7 Å². The third-order valence-corrected chi connectivity index (χ3v) is 3.81. The largest absolute Gasteiger partial charge is 0.495 e. The van der Waals surface area contributed by atoms with E-state index >= 15 is 0 Å². The Morgan fingerprint density at radius 2 is 1.54 bits per heavy atom. The summed E-state index contributed by atoms with van der Waals surface area (Å²) in [5, 5.41) is 3.36. The number of nitrogens with one attached hydrogen (secondary N) is 1. The molecule has 128 valence electrons. The van der Waals surface area contributed by atoms with Crippen LogP contribution >= 0.6 is 11.6 Å². The van der Waals surface area contributed by atoms with Gasteiger partial charge in [-0.3, -0.25) is 4.79 Å². The molecular weight excluding hydrogens is 330 g/mol. The van der Waals surface area contributed by atoms with E-state index in [9.17, 15) is 4.79 Å². The molecule has 0 heterocycles. The normalized spacial score (nSPS) is 10.2. The summed E-state index contributed by atoms with van der Waals surface area (Å²) >= 11 is 6.07. The molecule has 2 rings (SSSR count). The lowest BCUT2D eigenvalue weighted by atomic mass is 10.1. The van der Waals surface area contributed by atoms with E-state index in [1.54, 1.807) is 33.5 Å². The average Bonchev–Trinajstić information content (AvgIpc) is 2.59. The van der Waals surface area contributed by atoms with Gasteiger partial charge in [0.25, 0.3) is 0 Å². The van der Waals surface area contributed by atoms with Gasteiger partial charge in [-0.2, -0.15) is 0 Å². The van der Waals surface area contributed by atoms with Crippen LogP contribution < -0.4 is 19.5 Å². The highest BCUT2D eigenvalue weighted by Crippen LogP contribution is 2.27. The van der Waals surface area contributed by atoms with Crippen molar-refractivity contribution >= 4 is 17.5 Å². The number of halogens is 1. The van der Waals surface area contributed by atoms with E-state index < -0.39 is 0 Å². The molecule has 0 saturated carbocycles. The van der Waals surface area contributed by atoms with Crippen molar-refractivity contribution in [2.45, 2.75) is 13.0 Å². The second kappa shape index (κ2) is 8.45. The van der Waals surface area contributed by atoms with E-state index in [1.165, 1.54) is 0 Å². The molecule has 0 aromatic heterocycles. The van der Waals surface area contributed by atoms with Crippen LogP contribution in [0.4, 0.5) is 0 Å². The van der Waals surface area contributed by atoms with E-state index in [0.717, 1.165) is 11.1 Å². The Hall–Kier alpha value is -2.40. The summed E-state index contributed by atoms with van der Waals surface area (Å²) in [6.45, 7) is 0.406. The maximum absolute atomic E-state index is 12.1. The maximum Gasteiger partial charge on any atom is 0.224 e. The van der Waals surface area contributed by atoms with Gasteiger partial charge in [0.1, 0.15) is 5.75 Å². The third kappa shape index (κ3) is 4.55. The molecule has 2 aromatic rings. The maximum atomic E-state index is 12.1. The monoisotopic (exact) mass is 349 g/mol. The lowest BCUT2D eigenvalue weighted by Crippen LogP contribution is -2.24. The van der Waals surface area contributed by atoms with Crippen molar-refractivity contribution in [2.75, 3.05) is 21.3 Å². The molecule has 0 fully saturated rings. The van der Waals surface area contributed by atoms with Crippen LogP contribution in [-0.4, -0.2) is 27.2 Å². The fraction of sp³-hybridized carbons (Fsp3) is 0.278. The molecular formula is C18H20ClNO4. The summed E-state index contributed by atoms with van der Waals surface area (Å²) < 4.78 is 15.5. The molecule has 2 aromatic carbocycles. The SMILES string of the molecule is COc1ccc(CC(=O)NCc2ccc(OC)c(OC)c2)cc1Cl. The van der Waals surface area contributed by atoms with Crippen LogP contribution in [0.1, 0.15) is 11.1 Å². The van der Waals surface area contributed by atoms with Crippen molar-refractivity contribution in [1.82, 2.24) is 5.32 Å². The Kier molecular flexibility index (Phi) is 6.32. The number of amides is 1. The van der Waals surface area contributed by atoms with Gasteiger partial charge in [0.05, 0.1) is 32.8 Å². The predicted molar refractivity (Wildman–Crippen MR) is 93.1 cm³/mol. The van der Waals surface area contributed by atoms with Gasteiger partial charge < -0.3 is 19.5 Å². The van der Waals surface area contributed by atoms with Crippen molar-refractivity contribution < 1.29 is 19.0 Å². The Balaban J connectivity index is 1.94. The van der Waals surface area contributed by atoms with E-state index in [1.807, 2.05) is 24.3 Å². The van der Waals surface area contributed by atoms with Crippen LogP contribution in [0.25, 0.3) is 0 Å². The lowest BCUT2D eigenvalue weighted by Gasteiger charge is -2.11. The molecule has 0 aliphatic rings. The van der Waals surface area contributed by atoms with Gasteiger partial charge in [0.2, 0.25) is 5.91 Å². The first-order valence-corrected chi connectivity index (χ1v) is 7.75. The van der Waals surface area contributed by atoms with E-state index in [4.69, 9.17) is 25.8 Å². The Morgan fingerprint density at radius 1 is 0.917 bits per heavy atom. The predicted octanol–water partition coefficient (Wildman–Crippen LogP) is 3.22. The summed E-state index contributed by atoms with van der Waals surface area (Å²) in [5.74, 6) is 1.78. The summed E-state index contributed by atoms with van der Waals surface area (Å²) in [6, 6.07) is 10.8. The van der Waals surface area contributed by atoms with Crippen molar-refractivity contribution in [1.29, 1.82) is 0 Å². The highest BCUT2D eigenvalue weighted by Gasteiger charge is 2.08. The van der Waals surface area contributed by atoms with Crippen LogP contribution in [0.3, 0.4) is 0 Å². The van der Waals surface area contributed by atoms with Gasteiger partial charge in [0, 0.05) is 6.54 Å².